The van der Waals surface area contributed by atoms with Crippen LogP contribution in [0.15, 0.2) is 29.1 Å². The largest absolute Gasteiger partial charge is 0.376 e. The Labute approximate surface area is 128 Å². The summed E-state index contributed by atoms with van der Waals surface area (Å²) in [5.41, 5.74) is 0.496. The second-order valence-electron chi connectivity index (χ2n) is 5.53. The minimum atomic E-state index is -0.242. The lowest BCUT2D eigenvalue weighted by atomic mass is 10.1. The van der Waals surface area contributed by atoms with E-state index in [0.29, 0.717) is 11.9 Å². The Morgan fingerprint density at radius 3 is 2.91 bits per heavy atom. The van der Waals surface area contributed by atoms with Crippen LogP contribution in [0.2, 0.25) is 0 Å². The Morgan fingerprint density at radius 1 is 1.41 bits per heavy atom. The van der Waals surface area contributed by atoms with Gasteiger partial charge in [0.15, 0.2) is 0 Å². The Balaban J connectivity index is 1.74. The second kappa shape index (κ2) is 6.27. The maximum atomic E-state index is 12.4. The zero-order valence-corrected chi connectivity index (χ0v) is 12.5. The molecule has 1 N–H and O–H groups in total. The maximum absolute atomic E-state index is 12.4. The average Bonchev–Trinajstić information content (AvgIpc) is 3.04. The number of carbonyl (C=O) groups is 1. The molecule has 0 saturated carbocycles. The van der Waals surface area contributed by atoms with Gasteiger partial charge in [0.1, 0.15) is 6.54 Å². The number of amides is 1. The van der Waals surface area contributed by atoms with Gasteiger partial charge in [0.05, 0.1) is 17.2 Å². The number of hydrogen-bond donors (Lipinski definition) is 1. The van der Waals surface area contributed by atoms with E-state index in [2.05, 4.69) is 10.4 Å². The molecule has 0 aliphatic carbocycles. The van der Waals surface area contributed by atoms with Gasteiger partial charge < -0.3 is 10.1 Å². The van der Waals surface area contributed by atoms with Crippen molar-refractivity contribution in [1.29, 1.82) is 0 Å². The van der Waals surface area contributed by atoms with Crippen LogP contribution in [0.25, 0.3) is 10.8 Å². The monoisotopic (exact) mass is 301 g/mol. The summed E-state index contributed by atoms with van der Waals surface area (Å²) in [5.74, 6) is -0.222. The SMILES string of the molecule is Cc1nn(CC(=O)NC[C@H]2CCCO2)c(=O)c2ccccc12. The van der Waals surface area contributed by atoms with Gasteiger partial charge in [-0.15, -0.1) is 0 Å². The zero-order valence-electron chi connectivity index (χ0n) is 12.5. The van der Waals surface area contributed by atoms with Crippen LogP contribution in [-0.4, -0.2) is 34.9 Å². The van der Waals surface area contributed by atoms with Gasteiger partial charge >= 0.3 is 0 Å². The zero-order chi connectivity index (χ0) is 15.5. The van der Waals surface area contributed by atoms with Gasteiger partial charge in [-0.3, -0.25) is 9.59 Å². The summed E-state index contributed by atoms with van der Waals surface area (Å²) in [5, 5.41) is 8.44. The topological polar surface area (TPSA) is 73.2 Å². The minimum absolute atomic E-state index is 0.0722. The molecule has 116 valence electrons. The van der Waals surface area contributed by atoms with Crippen molar-refractivity contribution in [3.63, 3.8) is 0 Å². The van der Waals surface area contributed by atoms with Gasteiger partial charge in [0, 0.05) is 18.5 Å². The number of nitrogens with one attached hydrogen (secondary N) is 1. The quantitative estimate of drug-likeness (QED) is 0.914. The van der Waals surface area contributed by atoms with E-state index in [4.69, 9.17) is 4.74 Å². The molecule has 1 saturated heterocycles. The van der Waals surface area contributed by atoms with E-state index in [0.717, 1.165) is 30.5 Å². The molecule has 1 aliphatic rings. The number of carbonyl (C=O) groups excluding carboxylic acids is 1. The second-order valence-corrected chi connectivity index (χ2v) is 5.53. The van der Waals surface area contributed by atoms with Crippen LogP contribution in [0.5, 0.6) is 0 Å². The molecule has 1 aromatic heterocycles. The van der Waals surface area contributed by atoms with E-state index < -0.39 is 0 Å². The molecule has 0 bridgehead atoms. The van der Waals surface area contributed by atoms with E-state index in [1.165, 1.54) is 4.68 Å². The normalized spacial score (nSPS) is 17.8. The van der Waals surface area contributed by atoms with Crippen LogP contribution >= 0.6 is 0 Å². The summed E-state index contributed by atoms with van der Waals surface area (Å²) in [7, 11) is 0. The Hall–Kier alpha value is -2.21. The Bertz CT molecular complexity index is 748. The smallest absolute Gasteiger partial charge is 0.275 e. The molecular formula is C16H19N3O3. The fourth-order valence-corrected chi connectivity index (χ4v) is 2.74. The van der Waals surface area contributed by atoms with Gasteiger partial charge in [0.25, 0.3) is 5.56 Å². The third kappa shape index (κ3) is 3.01. The van der Waals surface area contributed by atoms with Gasteiger partial charge in [-0.05, 0) is 25.8 Å². The highest BCUT2D eigenvalue weighted by atomic mass is 16.5. The fraction of sp³-hybridized carbons (Fsp3) is 0.438. The number of benzene rings is 1. The number of ether oxygens (including phenoxy) is 1. The Kier molecular flexibility index (Phi) is 4.20. The van der Waals surface area contributed by atoms with Crippen LogP contribution in [0.3, 0.4) is 0 Å². The lowest BCUT2D eigenvalue weighted by molar-refractivity contribution is -0.122. The molecule has 6 nitrogen and oxygen atoms in total. The van der Waals surface area contributed by atoms with E-state index >= 15 is 0 Å². The first-order chi connectivity index (χ1) is 10.6. The first kappa shape index (κ1) is 14.7. The summed E-state index contributed by atoms with van der Waals surface area (Å²) < 4.78 is 6.68. The maximum Gasteiger partial charge on any atom is 0.275 e. The first-order valence-electron chi connectivity index (χ1n) is 7.50. The summed E-state index contributed by atoms with van der Waals surface area (Å²) >= 11 is 0. The predicted octanol–water partition coefficient (Wildman–Crippen LogP) is 1.00. The van der Waals surface area contributed by atoms with Crippen LogP contribution in [0.1, 0.15) is 18.5 Å². The van der Waals surface area contributed by atoms with Crippen molar-refractivity contribution in [1.82, 2.24) is 15.1 Å². The molecule has 22 heavy (non-hydrogen) atoms. The molecule has 2 heterocycles. The molecule has 3 rings (SSSR count). The van der Waals surface area contributed by atoms with Crippen molar-refractivity contribution in [3.05, 3.63) is 40.3 Å². The van der Waals surface area contributed by atoms with Crippen molar-refractivity contribution >= 4 is 16.7 Å². The van der Waals surface area contributed by atoms with Crippen LogP contribution in [-0.2, 0) is 16.1 Å². The molecule has 6 heteroatoms. The molecule has 0 unspecified atom stereocenters. The van der Waals surface area contributed by atoms with Crippen molar-refractivity contribution in [2.75, 3.05) is 13.2 Å². The van der Waals surface area contributed by atoms with E-state index in [1.54, 1.807) is 6.07 Å². The summed E-state index contributed by atoms with van der Waals surface area (Å²) in [6.07, 6.45) is 2.09. The fourth-order valence-electron chi connectivity index (χ4n) is 2.74. The van der Waals surface area contributed by atoms with Crippen LogP contribution in [0, 0.1) is 6.92 Å². The number of rotatable bonds is 4. The highest BCUT2D eigenvalue weighted by Crippen LogP contribution is 2.12. The number of fused-ring (bicyclic) bond motifs is 1. The third-order valence-corrected chi connectivity index (χ3v) is 3.90. The van der Waals surface area contributed by atoms with Crippen molar-refractivity contribution < 1.29 is 9.53 Å². The minimum Gasteiger partial charge on any atom is -0.376 e. The van der Waals surface area contributed by atoms with Crippen molar-refractivity contribution in [2.45, 2.75) is 32.4 Å². The van der Waals surface area contributed by atoms with Gasteiger partial charge in [0.2, 0.25) is 5.91 Å². The average molecular weight is 301 g/mol. The highest BCUT2D eigenvalue weighted by molar-refractivity contribution is 5.83. The van der Waals surface area contributed by atoms with Gasteiger partial charge in [-0.25, -0.2) is 4.68 Å². The molecule has 1 atom stereocenters. The number of aryl methyl sites for hydroxylation is 1. The van der Waals surface area contributed by atoms with E-state index in [-0.39, 0.29) is 24.1 Å². The number of aromatic nitrogens is 2. The van der Waals surface area contributed by atoms with E-state index in [1.807, 2.05) is 25.1 Å². The summed E-state index contributed by atoms with van der Waals surface area (Å²) in [6, 6.07) is 7.30. The molecule has 1 amide bonds. The third-order valence-electron chi connectivity index (χ3n) is 3.90. The summed E-state index contributed by atoms with van der Waals surface area (Å²) in [4.78, 5) is 24.4. The molecule has 2 aromatic rings. The molecule has 1 aliphatic heterocycles. The van der Waals surface area contributed by atoms with E-state index in [9.17, 15) is 9.59 Å². The highest BCUT2D eigenvalue weighted by Gasteiger charge is 2.17. The first-order valence-corrected chi connectivity index (χ1v) is 7.50. The molecule has 1 aromatic carbocycles. The van der Waals surface area contributed by atoms with Crippen LogP contribution < -0.4 is 10.9 Å². The molecule has 0 spiro atoms. The molecule has 1 fully saturated rings. The number of hydrogen-bond acceptors (Lipinski definition) is 4. The van der Waals surface area contributed by atoms with Crippen molar-refractivity contribution in [3.8, 4) is 0 Å². The van der Waals surface area contributed by atoms with Crippen molar-refractivity contribution in [2.24, 2.45) is 0 Å². The molecule has 0 radical (unpaired) electrons. The molecular weight excluding hydrogens is 282 g/mol. The lowest BCUT2D eigenvalue weighted by Gasteiger charge is -2.12. The van der Waals surface area contributed by atoms with Gasteiger partial charge in [-0.2, -0.15) is 5.10 Å². The standard InChI is InChI=1S/C16H19N3O3/c1-11-13-6-2-3-7-14(13)16(21)19(18-11)10-15(20)17-9-12-5-4-8-22-12/h2-3,6-7,12H,4-5,8-10H2,1H3,(H,17,20)/t12-/m1/s1. The van der Waals surface area contributed by atoms with Gasteiger partial charge in [-0.1, -0.05) is 18.2 Å². The van der Waals surface area contributed by atoms with Crippen LogP contribution in [0.4, 0.5) is 0 Å². The number of nitrogens with zero attached hydrogens (tertiary/aromatic N) is 2. The Morgan fingerprint density at radius 2 is 2.18 bits per heavy atom. The lowest BCUT2D eigenvalue weighted by Crippen LogP contribution is -2.37. The predicted molar refractivity (Wildman–Crippen MR) is 82.7 cm³/mol. The summed E-state index contributed by atoms with van der Waals surface area (Å²) in [6.45, 7) is 3.01.